The Kier molecular flexibility index (Phi) is 5.82. The fourth-order valence-electron chi connectivity index (χ4n) is 3.48. The Labute approximate surface area is 174 Å². The topological polar surface area (TPSA) is 132 Å². The molecule has 2 aromatic rings. The molecule has 1 N–H and O–H groups in total. The number of aryl methyl sites for hydroxylation is 1. The maximum Gasteiger partial charge on any atom is 0.277 e. The summed E-state index contributed by atoms with van der Waals surface area (Å²) in [5, 5.41) is 2.91. The number of ketones is 1. The largest absolute Gasteiger partial charge is 0.384 e. The van der Waals surface area contributed by atoms with Gasteiger partial charge in [0.15, 0.2) is 19.7 Å². The minimum absolute atomic E-state index is 0.00373. The molecule has 0 unspecified atom stereocenters. The van der Waals surface area contributed by atoms with Crippen LogP contribution in [0.4, 0.5) is 0 Å². The van der Waals surface area contributed by atoms with E-state index in [1.807, 2.05) is 0 Å². The summed E-state index contributed by atoms with van der Waals surface area (Å²) >= 11 is 0. The number of carbonyl (C=O) groups is 1. The van der Waals surface area contributed by atoms with Gasteiger partial charge in [0.2, 0.25) is 5.78 Å². The number of nitrogens with zero attached hydrogens (tertiary/aromatic N) is 1. The van der Waals surface area contributed by atoms with Gasteiger partial charge in [0, 0.05) is 31.9 Å². The molecule has 0 aliphatic heterocycles. The molecule has 0 amide bonds. The Hall–Kier alpha value is -2.24. The van der Waals surface area contributed by atoms with Crippen LogP contribution in [0.15, 0.2) is 26.7 Å². The van der Waals surface area contributed by atoms with Gasteiger partial charge in [0.1, 0.15) is 5.56 Å². The molecule has 3 rings (SSSR count). The molecule has 1 aromatic heterocycles. The van der Waals surface area contributed by atoms with Gasteiger partial charge in [-0.15, -0.1) is 0 Å². The van der Waals surface area contributed by atoms with Gasteiger partial charge in [-0.05, 0) is 37.5 Å². The Bertz CT molecular complexity index is 1280. The number of hydrogen-bond acceptors (Lipinski definition) is 7. The zero-order valence-corrected chi connectivity index (χ0v) is 18.8. The summed E-state index contributed by atoms with van der Waals surface area (Å²) in [6, 6.07) is 2.38. The lowest BCUT2D eigenvalue weighted by Gasteiger charge is -2.15. The van der Waals surface area contributed by atoms with Gasteiger partial charge in [0.25, 0.3) is 5.56 Å². The number of ether oxygens (including phenoxy) is 1. The number of H-pyrrole nitrogens is 1. The van der Waals surface area contributed by atoms with Crippen molar-refractivity contribution >= 4 is 25.5 Å². The zero-order valence-electron chi connectivity index (χ0n) is 17.2. The number of benzene rings is 1. The van der Waals surface area contributed by atoms with E-state index in [0.717, 1.165) is 25.2 Å². The molecule has 0 atom stereocenters. The van der Waals surface area contributed by atoms with Crippen molar-refractivity contribution in [3.63, 3.8) is 0 Å². The van der Waals surface area contributed by atoms with E-state index < -0.39 is 41.7 Å². The van der Waals surface area contributed by atoms with Crippen molar-refractivity contribution in [2.24, 2.45) is 7.05 Å². The van der Waals surface area contributed by atoms with Crippen molar-refractivity contribution in [1.82, 2.24) is 9.78 Å². The van der Waals surface area contributed by atoms with Gasteiger partial charge in [0.05, 0.1) is 27.8 Å². The molecule has 1 heterocycles. The highest BCUT2D eigenvalue weighted by Crippen LogP contribution is 2.40. The molecule has 164 valence electrons. The van der Waals surface area contributed by atoms with Crippen LogP contribution < -0.4 is 5.56 Å². The van der Waals surface area contributed by atoms with E-state index in [4.69, 9.17) is 4.74 Å². The van der Waals surface area contributed by atoms with E-state index in [2.05, 4.69) is 5.10 Å². The molecule has 0 bridgehead atoms. The van der Waals surface area contributed by atoms with Crippen LogP contribution in [-0.4, -0.2) is 58.1 Å². The number of hydrogen-bond donors (Lipinski definition) is 1. The second kappa shape index (κ2) is 7.78. The van der Waals surface area contributed by atoms with Gasteiger partial charge in [-0.2, -0.15) is 0 Å². The van der Waals surface area contributed by atoms with E-state index in [0.29, 0.717) is 5.69 Å². The van der Waals surface area contributed by atoms with Crippen molar-refractivity contribution in [3.05, 3.63) is 44.9 Å². The molecule has 0 radical (unpaired) electrons. The average Bonchev–Trinajstić information content (AvgIpc) is 3.45. The fraction of sp³-hybridized carbons (Fsp3) is 0.474. The van der Waals surface area contributed by atoms with Crippen LogP contribution in [-0.2, 0) is 31.5 Å². The second-order valence-corrected chi connectivity index (χ2v) is 11.5. The van der Waals surface area contributed by atoms with E-state index in [1.54, 1.807) is 0 Å². The Morgan fingerprint density at radius 3 is 2.40 bits per heavy atom. The summed E-state index contributed by atoms with van der Waals surface area (Å²) in [5.74, 6) is -0.984. The standard InChI is InChI=1S/C19H24N2O7S2/c1-11-13(17(22)15-16(12-5-6-12)20-21(2)19(15)23)7-8-14(29(4,24)25)18(11)30(26,27)10-9-28-3/h7-8,12,20H,5-6,9-10H2,1-4H3. The number of aromatic amines is 1. The van der Waals surface area contributed by atoms with Crippen molar-refractivity contribution in [2.45, 2.75) is 35.5 Å². The molecular formula is C19H24N2O7S2. The zero-order chi connectivity index (χ0) is 22.4. The van der Waals surface area contributed by atoms with Crippen LogP contribution >= 0.6 is 0 Å². The molecular weight excluding hydrogens is 432 g/mol. The minimum atomic E-state index is -4.07. The summed E-state index contributed by atoms with van der Waals surface area (Å²) in [6.45, 7) is 1.25. The third-order valence-corrected chi connectivity index (χ3v) is 8.29. The SMILES string of the molecule is COCCS(=O)(=O)c1c(S(C)(=O)=O)ccc(C(=O)c2c(C3CC3)[nH]n(C)c2=O)c1C. The van der Waals surface area contributed by atoms with Crippen LogP contribution in [0.5, 0.6) is 0 Å². The Balaban J connectivity index is 2.25. The van der Waals surface area contributed by atoms with Crippen molar-refractivity contribution in [2.75, 3.05) is 25.7 Å². The van der Waals surface area contributed by atoms with Gasteiger partial charge >= 0.3 is 0 Å². The maximum absolute atomic E-state index is 13.3. The molecule has 1 aliphatic carbocycles. The first-order chi connectivity index (χ1) is 13.9. The number of nitrogens with one attached hydrogen (secondary N) is 1. The molecule has 1 aromatic carbocycles. The lowest BCUT2D eigenvalue weighted by atomic mass is 9.98. The molecule has 1 saturated carbocycles. The summed E-state index contributed by atoms with van der Waals surface area (Å²) < 4.78 is 56.4. The quantitative estimate of drug-likeness (QED) is 0.585. The highest BCUT2D eigenvalue weighted by molar-refractivity contribution is 7.94. The fourth-order valence-corrected chi connectivity index (χ4v) is 6.66. The van der Waals surface area contributed by atoms with E-state index in [1.165, 1.54) is 31.8 Å². The monoisotopic (exact) mass is 456 g/mol. The maximum atomic E-state index is 13.3. The average molecular weight is 457 g/mol. The predicted octanol–water partition coefficient (Wildman–Crippen LogP) is 0.954. The Morgan fingerprint density at radius 2 is 1.87 bits per heavy atom. The molecule has 0 spiro atoms. The molecule has 9 nitrogen and oxygen atoms in total. The van der Waals surface area contributed by atoms with Gasteiger partial charge in [-0.1, -0.05) is 0 Å². The first kappa shape index (κ1) is 22.4. The molecule has 0 saturated heterocycles. The van der Waals surface area contributed by atoms with Gasteiger partial charge in [-0.3, -0.25) is 19.4 Å². The number of aromatic nitrogens is 2. The summed E-state index contributed by atoms with van der Waals surface area (Å²) in [7, 11) is -5.12. The van der Waals surface area contributed by atoms with E-state index in [-0.39, 0.29) is 34.1 Å². The third-order valence-electron chi connectivity index (χ3n) is 5.17. The first-order valence-electron chi connectivity index (χ1n) is 9.29. The van der Waals surface area contributed by atoms with Crippen LogP contribution in [0.2, 0.25) is 0 Å². The lowest BCUT2D eigenvalue weighted by molar-refractivity contribution is 0.103. The lowest BCUT2D eigenvalue weighted by Crippen LogP contribution is -2.22. The minimum Gasteiger partial charge on any atom is -0.384 e. The van der Waals surface area contributed by atoms with Crippen LogP contribution in [0, 0.1) is 6.92 Å². The van der Waals surface area contributed by atoms with E-state index in [9.17, 15) is 26.4 Å². The molecule has 1 aliphatic rings. The predicted molar refractivity (Wildman–Crippen MR) is 110 cm³/mol. The molecule has 11 heteroatoms. The smallest absolute Gasteiger partial charge is 0.277 e. The van der Waals surface area contributed by atoms with Crippen LogP contribution in [0.25, 0.3) is 0 Å². The van der Waals surface area contributed by atoms with Gasteiger partial charge in [-0.25, -0.2) is 16.8 Å². The Morgan fingerprint density at radius 1 is 1.23 bits per heavy atom. The molecule has 1 fully saturated rings. The number of methoxy groups -OCH3 is 1. The van der Waals surface area contributed by atoms with Crippen molar-refractivity contribution in [3.8, 4) is 0 Å². The van der Waals surface area contributed by atoms with Gasteiger partial charge < -0.3 is 4.74 Å². The van der Waals surface area contributed by atoms with Crippen molar-refractivity contribution in [1.29, 1.82) is 0 Å². The highest BCUT2D eigenvalue weighted by Gasteiger charge is 2.35. The number of carbonyl (C=O) groups excluding carboxylic acids is 1. The molecule has 30 heavy (non-hydrogen) atoms. The number of sulfone groups is 2. The number of rotatable bonds is 8. The van der Waals surface area contributed by atoms with Crippen molar-refractivity contribution < 1.29 is 26.4 Å². The highest BCUT2D eigenvalue weighted by atomic mass is 32.2. The normalized spacial score (nSPS) is 14.8. The van der Waals surface area contributed by atoms with E-state index >= 15 is 0 Å². The van der Waals surface area contributed by atoms with Crippen LogP contribution in [0.1, 0.15) is 45.9 Å². The van der Waals surface area contributed by atoms with Crippen LogP contribution in [0.3, 0.4) is 0 Å². The first-order valence-corrected chi connectivity index (χ1v) is 12.8. The third kappa shape index (κ3) is 4.01. The second-order valence-electron chi connectivity index (χ2n) is 7.52. The summed E-state index contributed by atoms with van der Waals surface area (Å²) in [6.07, 6.45) is 2.61. The summed E-state index contributed by atoms with van der Waals surface area (Å²) in [5.41, 5.74) is -0.0170. The summed E-state index contributed by atoms with van der Waals surface area (Å²) in [4.78, 5) is 25.1.